The molecule has 0 aromatic carbocycles. The van der Waals surface area contributed by atoms with Gasteiger partial charge < -0.3 is 0 Å². The molecule has 56 valence electrons. The van der Waals surface area contributed by atoms with Crippen molar-refractivity contribution in [3.05, 3.63) is 10.4 Å². The fourth-order valence-electron chi connectivity index (χ4n) is 0.327. The van der Waals surface area contributed by atoms with Crippen LogP contribution in [0.5, 0.6) is 0 Å². The van der Waals surface area contributed by atoms with Crippen molar-refractivity contribution in [1.82, 2.24) is 0 Å². The lowest BCUT2D eigenvalue weighted by Gasteiger charge is -2.16. The third-order valence-electron chi connectivity index (χ3n) is 1.60. The van der Waals surface area contributed by atoms with E-state index in [9.17, 15) is 4.79 Å². The maximum Gasteiger partial charge on any atom is 0.224 e. The molecule has 0 heterocycles. The number of hydrogen-bond donors (Lipinski definition) is 0. The second-order valence-corrected chi connectivity index (χ2v) is 2.73. The van der Waals surface area contributed by atoms with E-state index in [1.807, 2.05) is 6.92 Å². The van der Waals surface area contributed by atoms with Crippen molar-refractivity contribution in [2.75, 3.05) is 0 Å². The van der Waals surface area contributed by atoms with Crippen LogP contribution in [0.2, 0.25) is 0 Å². The van der Waals surface area contributed by atoms with E-state index in [-0.39, 0.29) is 0 Å². The van der Waals surface area contributed by atoms with Crippen molar-refractivity contribution < 1.29 is 4.79 Å². The molecule has 0 fully saturated rings. The Morgan fingerprint density at radius 1 is 1.70 bits per heavy atom. The minimum atomic E-state index is -0.508. The average molecular weight is 141 g/mol. The summed E-state index contributed by atoms with van der Waals surface area (Å²) in [5.41, 5.74) is 7.43. The van der Waals surface area contributed by atoms with Crippen LogP contribution < -0.4 is 0 Å². The zero-order valence-corrected chi connectivity index (χ0v) is 6.46. The van der Waals surface area contributed by atoms with Crippen LogP contribution in [0, 0.1) is 5.41 Å². The first-order valence-corrected chi connectivity index (χ1v) is 3.14. The van der Waals surface area contributed by atoms with E-state index in [0.29, 0.717) is 6.42 Å². The maximum atomic E-state index is 10.9. The van der Waals surface area contributed by atoms with Gasteiger partial charge in [-0.05, 0) is 17.1 Å². The summed E-state index contributed by atoms with van der Waals surface area (Å²) in [7, 11) is 0. The van der Waals surface area contributed by atoms with Crippen molar-refractivity contribution in [3.8, 4) is 0 Å². The predicted molar refractivity (Wildman–Crippen MR) is 38.2 cm³/mol. The van der Waals surface area contributed by atoms with Crippen molar-refractivity contribution in [2.45, 2.75) is 27.2 Å². The number of hydrogen-bond acceptors (Lipinski definition) is 1. The van der Waals surface area contributed by atoms with Gasteiger partial charge in [-0.2, -0.15) is 0 Å². The van der Waals surface area contributed by atoms with Gasteiger partial charge in [0.15, 0.2) is 0 Å². The van der Waals surface area contributed by atoms with Crippen LogP contribution in [0.3, 0.4) is 0 Å². The van der Waals surface area contributed by atoms with Crippen LogP contribution in [-0.2, 0) is 4.79 Å². The first-order valence-electron chi connectivity index (χ1n) is 3.14. The molecule has 0 radical (unpaired) electrons. The standard InChI is InChI=1S/C6H11N3O/c1-4-6(2,3)5(10)8-9-7/h4H2,1-3H3. The Balaban J connectivity index is 4.32. The van der Waals surface area contributed by atoms with E-state index in [1.54, 1.807) is 13.8 Å². The van der Waals surface area contributed by atoms with Crippen LogP contribution in [0.25, 0.3) is 10.4 Å². The Kier molecular flexibility index (Phi) is 2.90. The Bertz CT molecular complexity index is 179. The summed E-state index contributed by atoms with van der Waals surface area (Å²) in [4.78, 5) is 13.3. The summed E-state index contributed by atoms with van der Waals surface area (Å²) in [5.74, 6) is -0.391. The van der Waals surface area contributed by atoms with Crippen molar-refractivity contribution in [1.29, 1.82) is 0 Å². The van der Waals surface area contributed by atoms with Gasteiger partial charge in [-0.15, -0.1) is 0 Å². The third kappa shape index (κ3) is 2.07. The van der Waals surface area contributed by atoms with Crippen LogP contribution in [0.1, 0.15) is 27.2 Å². The normalized spacial score (nSPS) is 10.3. The second-order valence-electron chi connectivity index (χ2n) is 2.73. The maximum absolute atomic E-state index is 10.9. The molecular formula is C6H11N3O. The minimum absolute atomic E-state index is 0.391. The average Bonchev–Trinajstić information content (AvgIpc) is 1.89. The lowest BCUT2D eigenvalue weighted by atomic mass is 9.90. The van der Waals surface area contributed by atoms with Gasteiger partial charge in [0.25, 0.3) is 0 Å². The van der Waals surface area contributed by atoms with Gasteiger partial charge in [-0.3, -0.25) is 4.79 Å². The Labute approximate surface area is 59.9 Å². The highest BCUT2D eigenvalue weighted by Crippen LogP contribution is 2.21. The zero-order valence-electron chi connectivity index (χ0n) is 6.46. The number of azide groups is 1. The molecule has 0 aromatic rings. The first kappa shape index (κ1) is 8.98. The topological polar surface area (TPSA) is 65.8 Å². The van der Waals surface area contributed by atoms with Crippen LogP contribution in [0.4, 0.5) is 0 Å². The number of rotatable bonds is 2. The molecule has 0 saturated carbocycles. The molecule has 0 atom stereocenters. The summed E-state index contributed by atoms with van der Waals surface area (Å²) in [6, 6.07) is 0. The molecule has 0 bridgehead atoms. The molecule has 0 aliphatic carbocycles. The highest BCUT2D eigenvalue weighted by atomic mass is 16.2. The van der Waals surface area contributed by atoms with Crippen LogP contribution >= 0.6 is 0 Å². The van der Waals surface area contributed by atoms with Gasteiger partial charge in [-0.25, -0.2) is 0 Å². The summed E-state index contributed by atoms with van der Waals surface area (Å²) in [6.07, 6.45) is 0.685. The molecule has 0 unspecified atom stereocenters. The van der Waals surface area contributed by atoms with Gasteiger partial charge in [0, 0.05) is 10.3 Å². The molecule has 4 nitrogen and oxygen atoms in total. The molecule has 0 aliphatic rings. The van der Waals surface area contributed by atoms with Crippen molar-refractivity contribution in [2.24, 2.45) is 10.5 Å². The van der Waals surface area contributed by atoms with Crippen LogP contribution in [-0.4, -0.2) is 5.91 Å². The molecule has 0 saturated heterocycles. The molecule has 0 spiro atoms. The lowest BCUT2D eigenvalue weighted by Crippen LogP contribution is -2.20. The van der Waals surface area contributed by atoms with E-state index in [0.717, 1.165) is 0 Å². The Hall–Kier alpha value is -1.02. The summed E-state index contributed by atoms with van der Waals surface area (Å²) in [5, 5.41) is 3.01. The second kappa shape index (κ2) is 3.22. The zero-order chi connectivity index (χ0) is 8.20. The van der Waals surface area contributed by atoms with Crippen LogP contribution in [0.15, 0.2) is 5.11 Å². The van der Waals surface area contributed by atoms with E-state index < -0.39 is 11.3 Å². The molecule has 1 amide bonds. The van der Waals surface area contributed by atoms with Gasteiger partial charge in [-0.1, -0.05) is 20.8 Å². The highest BCUT2D eigenvalue weighted by Gasteiger charge is 2.23. The molecule has 4 heteroatoms. The molecule has 0 aromatic heterocycles. The number of amides is 1. The number of nitrogens with zero attached hydrogens (tertiary/aromatic N) is 3. The quantitative estimate of drug-likeness (QED) is 0.330. The van der Waals surface area contributed by atoms with Crippen molar-refractivity contribution >= 4 is 5.91 Å². The SMILES string of the molecule is CCC(C)(C)C(=O)N=[N+]=[N-]. The fraction of sp³-hybridized carbons (Fsp3) is 0.833. The largest absolute Gasteiger partial charge is 0.292 e. The summed E-state index contributed by atoms with van der Waals surface area (Å²) >= 11 is 0. The predicted octanol–water partition coefficient (Wildman–Crippen LogP) is 2.26. The first-order chi connectivity index (χ1) is 4.54. The summed E-state index contributed by atoms with van der Waals surface area (Å²) < 4.78 is 0. The van der Waals surface area contributed by atoms with E-state index >= 15 is 0 Å². The lowest BCUT2D eigenvalue weighted by molar-refractivity contribution is -0.126. The van der Waals surface area contributed by atoms with Gasteiger partial charge >= 0.3 is 0 Å². The van der Waals surface area contributed by atoms with E-state index in [4.69, 9.17) is 5.53 Å². The Morgan fingerprint density at radius 2 is 2.20 bits per heavy atom. The molecule has 0 aliphatic heterocycles. The summed E-state index contributed by atoms with van der Waals surface area (Å²) in [6.45, 7) is 5.39. The number of carbonyl (C=O) groups excluding carboxylic acids is 1. The van der Waals surface area contributed by atoms with Gasteiger partial charge in [0.05, 0.1) is 0 Å². The van der Waals surface area contributed by atoms with Crippen molar-refractivity contribution in [3.63, 3.8) is 0 Å². The third-order valence-corrected chi connectivity index (χ3v) is 1.60. The monoisotopic (exact) mass is 141 g/mol. The smallest absolute Gasteiger partial charge is 0.224 e. The van der Waals surface area contributed by atoms with E-state index in [1.165, 1.54) is 0 Å². The van der Waals surface area contributed by atoms with Gasteiger partial charge in [0.2, 0.25) is 5.91 Å². The highest BCUT2D eigenvalue weighted by molar-refractivity contribution is 5.82. The fourth-order valence-corrected chi connectivity index (χ4v) is 0.327. The molecule has 10 heavy (non-hydrogen) atoms. The van der Waals surface area contributed by atoms with Gasteiger partial charge in [0.1, 0.15) is 0 Å². The molecular weight excluding hydrogens is 130 g/mol. The molecule has 0 N–H and O–H groups in total. The number of carbonyl (C=O) groups is 1. The Morgan fingerprint density at radius 3 is 2.50 bits per heavy atom. The minimum Gasteiger partial charge on any atom is -0.292 e. The van der Waals surface area contributed by atoms with E-state index in [2.05, 4.69) is 10.0 Å². The molecule has 0 rings (SSSR count).